The van der Waals surface area contributed by atoms with Crippen LogP contribution >= 0.6 is 0 Å². The van der Waals surface area contributed by atoms with Crippen LogP contribution in [-0.4, -0.2) is 13.1 Å². The van der Waals surface area contributed by atoms with Crippen molar-refractivity contribution in [2.45, 2.75) is 26.3 Å². The maximum Gasteiger partial charge on any atom is 0.0161 e. The molecule has 2 atom stereocenters. The number of rotatable bonds is 1. The molecule has 0 spiro atoms. The van der Waals surface area contributed by atoms with E-state index in [2.05, 4.69) is 25.2 Å². The lowest BCUT2D eigenvalue weighted by molar-refractivity contribution is 0.490. The van der Waals surface area contributed by atoms with E-state index in [9.17, 15) is 0 Å². The van der Waals surface area contributed by atoms with Crippen molar-refractivity contribution in [1.82, 2.24) is 5.32 Å². The van der Waals surface area contributed by atoms with Crippen LogP contribution in [0.4, 0.5) is 0 Å². The maximum atomic E-state index is 3.29. The van der Waals surface area contributed by atoms with Crippen molar-refractivity contribution in [3.8, 4) is 0 Å². The van der Waals surface area contributed by atoms with Crippen molar-refractivity contribution >= 4 is 0 Å². The van der Waals surface area contributed by atoms with Crippen molar-refractivity contribution < 1.29 is 0 Å². The lowest BCUT2D eigenvalue weighted by atomic mass is 10.1. The van der Waals surface area contributed by atoms with Crippen molar-refractivity contribution in [1.29, 1.82) is 0 Å². The fourth-order valence-electron chi connectivity index (χ4n) is 1.53. The zero-order valence-electron chi connectivity index (χ0n) is 6.44. The van der Waals surface area contributed by atoms with Crippen LogP contribution in [0.25, 0.3) is 0 Å². The molecule has 0 radical (unpaired) electrons. The predicted molar refractivity (Wildman–Crippen MR) is 40.4 cm³/mol. The molecule has 2 unspecified atom stereocenters. The summed E-state index contributed by atoms with van der Waals surface area (Å²) >= 11 is 0. The third kappa shape index (κ3) is 1.33. The highest BCUT2D eigenvalue weighted by Crippen LogP contribution is 2.22. The summed E-state index contributed by atoms with van der Waals surface area (Å²) in [6.45, 7) is 4.46. The molecule has 1 rings (SSSR count). The van der Waals surface area contributed by atoms with Gasteiger partial charge in [-0.2, -0.15) is 0 Å². The van der Waals surface area contributed by atoms with Gasteiger partial charge in [-0.3, -0.25) is 0 Å². The largest absolute Gasteiger partial charge is 0.316 e. The van der Waals surface area contributed by atoms with E-state index in [0.29, 0.717) is 6.04 Å². The molecule has 0 aromatic carbocycles. The molecule has 0 aromatic rings. The van der Waals surface area contributed by atoms with E-state index >= 15 is 0 Å². The van der Waals surface area contributed by atoms with Gasteiger partial charge in [-0.25, -0.2) is 0 Å². The average molecular weight is 125 g/mol. The number of hydrogen-bond donors (Lipinski definition) is 1. The highest BCUT2D eigenvalue weighted by molar-refractivity contribution is 5.12. The van der Waals surface area contributed by atoms with E-state index in [1.807, 2.05) is 7.05 Å². The SMILES string of the molecule is CNC1CC(C)=CC1C. The van der Waals surface area contributed by atoms with Gasteiger partial charge in [0, 0.05) is 6.04 Å². The Labute approximate surface area is 57.1 Å². The molecular formula is C8H15N. The second-order valence-corrected chi connectivity index (χ2v) is 2.97. The minimum absolute atomic E-state index is 0.699. The number of hydrogen-bond acceptors (Lipinski definition) is 1. The van der Waals surface area contributed by atoms with Crippen LogP contribution in [0.1, 0.15) is 20.3 Å². The molecule has 1 aliphatic carbocycles. The van der Waals surface area contributed by atoms with E-state index in [4.69, 9.17) is 0 Å². The molecule has 0 bridgehead atoms. The molecule has 1 heteroatoms. The van der Waals surface area contributed by atoms with Gasteiger partial charge in [0.25, 0.3) is 0 Å². The van der Waals surface area contributed by atoms with Crippen LogP contribution in [0.2, 0.25) is 0 Å². The normalized spacial score (nSPS) is 34.8. The zero-order valence-corrected chi connectivity index (χ0v) is 6.44. The Morgan fingerprint density at radius 1 is 1.67 bits per heavy atom. The Balaban J connectivity index is 2.49. The zero-order chi connectivity index (χ0) is 6.85. The highest BCUT2D eigenvalue weighted by Gasteiger charge is 2.19. The van der Waals surface area contributed by atoms with Crippen molar-refractivity contribution in [2.75, 3.05) is 7.05 Å². The van der Waals surface area contributed by atoms with E-state index in [1.165, 1.54) is 12.0 Å². The van der Waals surface area contributed by atoms with E-state index in [1.54, 1.807) is 0 Å². The first-order chi connectivity index (χ1) is 4.24. The summed E-state index contributed by atoms with van der Waals surface area (Å²) in [5, 5.41) is 3.29. The molecule has 1 N–H and O–H groups in total. The van der Waals surface area contributed by atoms with E-state index in [0.717, 1.165) is 5.92 Å². The van der Waals surface area contributed by atoms with Gasteiger partial charge in [0.1, 0.15) is 0 Å². The summed E-state index contributed by atoms with van der Waals surface area (Å²) < 4.78 is 0. The van der Waals surface area contributed by atoms with Crippen molar-refractivity contribution in [3.63, 3.8) is 0 Å². The van der Waals surface area contributed by atoms with Crippen LogP contribution in [0, 0.1) is 5.92 Å². The maximum absolute atomic E-state index is 3.29. The Morgan fingerprint density at radius 3 is 2.56 bits per heavy atom. The fraction of sp³-hybridized carbons (Fsp3) is 0.750. The third-order valence-corrected chi connectivity index (χ3v) is 2.09. The lowest BCUT2D eigenvalue weighted by Crippen LogP contribution is -2.27. The Morgan fingerprint density at radius 2 is 2.33 bits per heavy atom. The molecule has 0 aliphatic heterocycles. The second kappa shape index (κ2) is 2.53. The summed E-state index contributed by atoms with van der Waals surface area (Å²) in [5.74, 6) is 0.731. The fourth-order valence-corrected chi connectivity index (χ4v) is 1.53. The summed E-state index contributed by atoms with van der Waals surface area (Å²) in [4.78, 5) is 0. The molecular weight excluding hydrogens is 110 g/mol. The number of nitrogens with one attached hydrogen (secondary N) is 1. The van der Waals surface area contributed by atoms with Crippen LogP contribution in [-0.2, 0) is 0 Å². The molecule has 0 amide bonds. The van der Waals surface area contributed by atoms with Gasteiger partial charge in [0.15, 0.2) is 0 Å². The average Bonchev–Trinajstić information content (AvgIpc) is 2.10. The molecule has 0 heterocycles. The first-order valence-electron chi connectivity index (χ1n) is 3.58. The third-order valence-electron chi connectivity index (χ3n) is 2.09. The summed E-state index contributed by atoms with van der Waals surface area (Å²) in [5.41, 5.74) is 1.53. The standard InChI is InChI=1S/C8H15N/c1-6-4-7(2)8(5-6)9-3/h4,7-9H,5H2,1-3H3. The van der Waals surface area contributed by atoms with Gasteiger partial charge in [-0.05, 0) is 26.3 Å². The molecule has 0 saturated carbocycles. The van der Waals surface area contributed by atoms with Crippen LogP contribution in [0.5, 0.6) is 0 Å². The molecule has 0 saturated heterocycles. The monoisotopic (exact) mass is 125 g/mol. The quantitative estimate of drug-likeness (QED) is 0.524. The van der Waals surface area contributed by atoms with Gasteiger partial charge in [-0.15, -0.1) is 0 Å². The molecule has 0 aromatic heterocycles. The lowest BCUT2D eigenvalue weighted by Gasteiger charge is -2.12. The van der Waals surface area contributed by atoms with E-state index in [-0.39, 0.29) is 0 Å². The summed E-state index contributed by atoms with van der Waals surface area (Å²) in [7, 11) is 2.04. The van der Waals surface area contributed by atoms with Gasteiger partial charge in [0.2, 0.25) is 0 Å². The summed E-state index contributed by atoms with van der Waals surface area (Å²) in [6, 6.07) is 0.699. The molecule has 9 heavy (non-hydrogen) atoms. The van der Waals surface area contributed by atoms with Gasteiger partial charge in [0.05, 0.1) is 0 Å². The van der Waals surface area contributed by atoms with Crippen molar-refractivity contribution in [2.24, 2.45) is 5.92 Å². The Kier molecular flexibility index (Phi) is 1.91. The Hall–Kier alpha value is -0.300. The highest BCUT2D eigenvalue weighted by atomic mass is 14.9. The minimum Gasteiger partial charge on any atom is -0.316 e. The smallest absolute Gasteiger partial charge is 0.0161 e. The van der Waals surface area contributed by atoms with Crippen LogP contribution in [0.3, 0.4) is 0 Å². The first-order valence-corrected chi connectivity index (χ1v) is 3.58. The van der Waals surface area contributed by atoms with Crippen LogP contribution in [0.15, 0.2) is 11.6 Å². The van der Waals surface area contributed by atoms with Gasteiger partial charge in [-0.1, -0.05) is 18.6 Å². The second-order valence-electron chi connectivity index (χ2n) is 2.97. The molecule has 1 aliphatic rings. The van der Waals surface area contributed by atoms with E-state index < -0.39 is 0 Å². The van der Waals surface area contributed by atoms with Crippen molar-refractivity contribution in [3.05, 3.63) is 11.6 Å². The molecule has 1 nitrogen and oxygen atoms in total. The minimum atomic E-state index is 0.699. The van der Waals surface area contributed by atoms with Crippen LogP contribution < -0.4 is 5.32 Å². The first kappa shape index (κ1) is 6.81. The van der Waals surface area contributed by atoms with Gasteiger partial charge < -0.3 is 5.32 Å². The molecule has 52 valence electrons. The van der Waals surface area contributed by atoms with Gasteiger partial charge >= 0.3 is 0 Å². The molecule has 0 fully saturated rings. The summed E-state index contributed by atoms with van der Waals surface area (Å²) in [6.07, 6.45) is 3.58. The Bertz CT molecular complexity index is 127. The topological polar surface area (TPSA) is 12.0 Å². The predicted octanol–water partition coefficient (Wildman–Crippen LogP) is 1.56.